The largest absolute Gasteiger partial charge is 0.493 e. The standard InChI is InChI=1S/C16H28O2S/c1-13(2)19(5,6)11-7-8-14-9-10-15(17-3)16(12-14)18-4/h9-10,12-13H,7-8,11H2,1-6H3. The maximum atomic E-state index is 5.34. The summed E-state index contributed by atoms with van der Waals surface area (Å²) >= 11 is 0. The van der Waals surface area contributed by atoms with Gasteiger partial charge in [0.2, 0.25) is 0 Å². The topological polar surface area (TPSA) is 18.5 Å². The van der Waals surface area contributed by atoms with Crippen LogP contribution >= 0.6 is 10.0 Å². The lowest BCUT2D eigenvalue weighted by molar-refractivity contribution is 0.354. The SMILES string of the molecule is COc1ccc(CCCS(C)(C)C(C)C)cc1OC. The van der Waals surface area contributed by atoms with Gasteiger partial charge in [0.05, 0.1) is 14.2 Å². The second-order valence-corrected chi connectivity index (χ2v) is 10.3. The number of aryl methyl sites for hydroxylation is 1. The van der Waals surface area contributed by atoms with Crippen LogP contribution in [0.1, 0.15) is 25.8 Å². The van der Waals surface area contributed by atoms with Crippen LogP contribution in [0.15, 0.2) is 18.2 Å². The normalized spacial score (nSPS) is 12.6. The predicted molar refractivity (Wildman–Crippen MR) is 87.3 cm³/mol. The van der Waals surface area contributed by atoms with Crippen LogP contribution in [0.5, 0.6) is 11.5 Å². The zero-order valence-corrected chi connectivity index (χ0v) is 14.0. The van der Waals surface area contributed by atoms with Gasteiger partial charge in [0.25, 0.3) is 0 Å². The van der Waals surface area contributed by atoms with Gasteiger partial charge in [0.1, 0.15) is 0 Å². The molecule has 0 saturated carbocycles. The Balaban J connectivity index is 2.59. The van der Waals surface area contributed by atoms with E-state index in [2.05, 4.69) is 38.5 Å². The summed E-state index contributed by atoms with van der Waals surface area (Å²) in [5, 5.41) is 0.804. The van der Waals surface area contributed by atoms with Gasteiger partial charge in [-0.1, -0.05) is 19.9 Å². The molecule has 0 aliphatic heterocycles. The van der Waals surface area contributed by atoms with Crippen LogP contribution in [-0.4, -0.2) is 37.7 Å². The second-order valence-electron chi connectivity index (χ2n) is 5.67. The number of hydrogen-bond donors (Lipinski definition) is 0. The maximum absolute atomic E-state index is 5.34. The van der Waals surface area contributed by atoms with Crippen molar-refractivity contribution in [2.75, 3.05) is 32.5 Å². The van der Waals surface area contributed by atoms with E-state index in [-0.39, 0.29) is 0 Å². The van der Waals surface area contributed by atoms with Gasteiger partial charge >= 0.3 is 0 Å². The molecular weight excluding hydrogens is 256 g/mol. The lowest BCUT2D eigenvalue weighted by atomic mass is 10.1. The molecule has 1 aromatic carbocycles. The molecule has 0 aliphatic carbocycles. The van der Waals surface area contributed by atoms with Crippen LogP contribution in [0.2, 0.25) is 0 Å². The van der Waals surface area contributed by atoms with E-state index < -0.39 is 10.0 Å². The average molecular weight is 284 g/mol. The van der Waals surface area contributed by atoms with Crippen molar-refractivity contribution >= 4 is 10.0 Å². The highest BCUT2D eigenvalue weighted by atomic mass is 32.3. The first-order valence-electron chi connectivity index (χ1n) is 6.81. The van der Waals surface area contributed by atoms with Gasteiger partial charge in [-0.3, -0.25) is 0 Å². The number of ether oxygens (including phenoxy) is 2. The average Bonchev–Trinajstić information content (AvgIpc) is 2.38. The molecule has 0 heterocycles. The monoisotopic (exact) mass is 284 g/mol. The Kier molecular flexibility index (Phi) is 6.05. The van der Waals surface area contributed by atoms with Crippen molar-refractivity contribution in [1.29, 1.82) is 0 Å². The van der Waals surface area contributed by atoms with E-state index in [0.29, 0.717) is 0 Å². The molecule has 3 heteroatoms. The first kappa shape index (κ1) is 16.2. The van der Waals surface area contributed by atoms with E-state index in [1.165, 1.54) is 17.7 Å². The third kappa shape index (κ3) is 4.64. The zero-order chi connectivity index (χ0) is 14.5. The smallest absolute Gasteiger partial charge is 0.160 e. The number of benzene rings is 1. The molecule has 2 nitrogen and oxygen atoms in total. The third-order valence-corrected chi connectivity index (χ3v) is 7.75. The molecule has 0 fully saturated rings. The van der Waals surface area contributed by atoms with E-state index in [1.807, 2.05) is 6.07 Å². The van der Waals surface area contributed by atoms with Gasteiger partial charge < -0.3 is 9.47 Å². The first-order valence-corrected chi connectivity index (χ1v) is 9.49. The Morgan fingerprint density at radius 3 is 2.21 bits per heavy atom. The van der Waals surface area contributed by atoms with E-state index in [9.17, 15) is 0 Å². The lowest BCUT2D eigenvalue weighted by Gasteiger charge is -2.36. The predicted octanol–water partition coefficient (Wildman–Crippen LogP) is 4.11. The van der Waals surface area contributed by atoms with Gasteiger partial charge in [-0.15, -0.1) is 0 Å². The quantitative estimate of drug-likeness (QED) is 0.750. The van der Waals surface area contributed by atoms with E-state index in [1.54, 1.807) is 14.2 Å². The summed E-state index contributed by atoms with van der Waals surface area (Å²) in [7, 11) is 2.91. The molecule has 1 rings (SSSR count). The Bertz CT molecular complexity index is 400. The molecule has 0 aliphatic rings. The Hall–Kier alpha value is -0.830. The van der Waals surface area contributed by atoms with Gasteiger partial charge in [0.15, 0.2) is 11.5 Å². The van der Waals surface area contributed by atoms with Crippen LogP contribution in [-0.2, 0) is 6.42 Å². The van der Waals surface area contributed by atoms with E-state index in [0.717, 1.165) is 23.2 Å². The minimum Gasteiger partial charge on any atom is -0.493 e. The molecule has 0 spiro atoms. The fourth-order valence-electron chi connectivity index (χ4n) is 1.92. The summed E-state index contributed by atoms with van der Waals surface area (Å²) in [6.45, 7) is 4.68. The molecule has 110 valence electrons. The summed E-state index contributed by atoms with van der Waals surface area (Å²) in [6, 6.07) is 6.23. The molecule has 0 unspecified atom stereocenters. The van der Waals surface area contributed by atoms with Crippen LogP contribution in [0, 0.1) is 0 Å². The lowest BCUT2D eigenvalue weighted by Crippen LogP contribution is -2.13. The summed E-state index contributed by atoms with van der Waals surface area (Å²) in [6.07, 6.45) is 7.23. The number of rotatable bonds is 7. The first-order chi connectivity index (χ1) is 8.90. The van der Waals surface area contributed by atoms with Crippen LogP contribution in [0.3, 0.4) is 0 Å². The molecular formula is C16H28O2S. The van der Waals surface area contributed by atoms with Crippen molar-refractivity contribution < 1.29 is 9.47 Å². The molecule has 0 saturated heterocycles. The Labute approximate surface area is 119 Å². The fourth-order valence-corrected chi connectivity index (χ4v) is 3.28. The molecule has 0 bridgehead atoms. The minimum atomic E-state index is -0.453. The third-order valence-electron chi connectivity index (χ3n) is 3.86. The van der Waals surface area contributed by atoms with Crippen LogP contribution in [0.4, 0.5) is 0 Å². The maximum Gasteiger partial charge on any atom is 0.160 e. The number of hydrogen-bond acceptors (Lipinski definition) is 2. The highest BCUT2D eigenvalue weighted by molar-refractivity contribution is 8.33. The Morgan fingerprint density at radius 2 is 1.68 bits per heavy atom. The zero-order valence-electron chi connectivity index (χ0n) is 13.2. The highest BCUT2D eigenvalue weighted by Gasteiger charge is 2.15. The van der Waals surface area contributed by atoms with E-state index >= 15 is 0 Å². The van der Waals surface area contributed by atoms with Gasteiger partial charge in [-0.2, -0.15) is 0 Å². The van der Waals surface area contributed by atoms with Crippen molar-refractivity contribution in [3.05, 3.63) is 23.8 Å². The van der Waals surface area contributed by atoms with Crippen molar-refractivity contribution in [2.24, 2.45) is 0 Å². The molecule has 0 amide bonds. The molecule has 0 radical (unpaired) electrons. The minimum absolute atomic E-state index is 0.453. The summed E-state index contributed by atoms with van der Waals surface area (Å²) in [5.74, 6) is 2.97. The van der Waals surface area contributed by atoms with Crippen molar-refractivity contribution in [2.45, 2.75) is 31.9 Å². The van der Waals surface area contributed by atoms with Gasteiger partial charge in [-0.05, 0) is 54.1 Å². The highest BCUT2D eigenvalue weighted by Crippen LogP contribution is 2.45. The molecule has 0 atom stereocenters. The van der Waals surface area contributed by atoms with E-state index in [4.69, 9.17) is 9.47 Å². The van der Waals surface area contributed by atoms with Crippen LogP contribution in [0.25, 0.3) is 0 Å². The Morgan fingerprint density at radius 1 is 1.05 bits per heavy atom. The fraction of sp³-hybridized carbons (Fsp3) is 0.625. The van der Waals surface area contributed by atoms with Gasteiger partial charge in [0, 0.05) is 0 Å². The summed E-state index contributed by atoms with van der Waals surface area (Å²) in [4.78, 5) is 0. The molecule has 1 aromatic rings. The molecule has 19 heavy (non-hydrogen) atoms. The van der Waals surface area contributed by atoms with Crippen molar-refractivity contribution in [3.8, 4) is 11.5 Å². The summed E-state index contributed by atoms with van der Waals surface area (Å²) in [5.41, 5.74) is 1.33. The van der Waals surface area contributed by atoms with Crippen molar-refractivity contribution in [1.82, 2.24) is 0 Å². The second kappa shape index (κ2) is 7.09. The summed E-state index contributed by atoms with van der Waals surface area (Å²) < 4.78 is 10.6. The van der Waals surface area contributed by atoms with Crippen molar-refractivity contribution in [3.63, 3.8) is 0 Å². The number of methoxy groups -OCH3 is 2. The molecule has 0 aromatic heterocycles. The van der Waals surface area contributed by atoms with Gasteiger partial charge in [-0.25, -0.2) is 10.0 Å². The molecule has 0 N–H and O–H groups in total. The van der Waals surface area contributed by atoms with Crippen LogP contribution < -0.4 is 9.47 Å².